The van der Waals surface area contributed by atoms with Gasteiger partial charge in [-0.25, -0.2) is 0 Å². The Kier molecular flexibility index (Phi) is 5.91. The zero-order chi connectivity index (χ0) is 16.9. The third-order valence-electron chi connectivity index (χ3n) is 2.84. The number of nitrogens with zero attached hydrogens (tertiary/aromatic N) is 1. The minimum atomic E-state index is -4.50. The lowest BCUT2D eigenvalue weighted by Gasteiger charge is -2.23. The molecular weight excluding hydrogens is 426 g/mol. The summed E-state index contributed by atoms with van der Waals surface area (Å²) in [6.45, 7) is -2.10. The van der Waals surface area contributed by atoms with Crippen molar-refractivity contribution in [2.45, 2.75) is 12.7 Å². The van der Waals surface area contributed by atoms with Crippen molar-refractivity contribution in [1.82, 2.24) is 4.90 Å². The molecule has 0 aliphatic heterocycles. The van der Waals surface area contributed by atoms with Crippen molar-refractivity contribution < 1.29 is 27.1 Å². The van der Waals surface area contributed by atoms with Crippen molar-refractivity contribution >= 4 is 28.5 Å². The second kappa shape index (κ2) is 7.71. The molecule has 0 saturated carbocycles. The second-order valence-electron chi connectivity index (χ2n) is 4.66. The zero-order valence-corrected chi connectivity index (χ0v) is 14.0. The maximum atomic E-state index is 12.7. The van der Waals surface area contributed by atoms with Crippen LogP contribution in [0.25, 0.3) is 0 Å². The summed E-state index contributed by atoms with van der Waals surface area (Å²) in [6.07, 6.45) is -3.15. The van der Waals surface area contributed by atoms with Gasteiger partial charge in [0.2, 0.25) is 0 Å². The van der Waals surface area contributed by atoms with E-state index in [1.54, 1.807) is 30.3 Å². The van der Waals surface area contributed by atoms with E-state index in [1.807, 2.05) is 22.6 Å². The van der Waals surface area contributed by atoms with E-state index in [0.29, 0.717) is 10.6 Å². The summed E-state index contributed by atoms with van der Waals surface area (Å²) in [5.41, 5.74) is 0. The van der Waals surface area contributed by atoms with Gasteiger partial charge in [-0.05, 0) is 46.9 Å². The molecular formula is C15H13F3INO3. The topological polar surface area (TPSA) is 42.7 Å². The highest BCUT2D eigenvalue weighted by Gasteiger charge is 2.33. The highest BCUT2D eigenvalue weighted by atomic mass is 127. The molecule has 0 saturated heterocycles. The molecule has 4 nitrogen and oxygen atoms in total. The lowest BCUT2D eigenvalue weighted by Crippen LogP contribution is -2.40. The van der Waals surface area contributed by atoms with Gasteiger partial charge >= 0.3 is 6.18 Å². The number of amides is 1. The van der Waals surface area contributed by atoms with Crippen LogP contribution in [0.15, 0.2) is 47.1 Å². The monoisotopic (exact) mass is 439 g/mol. The highest BCUT2D eigenvalue weighted by molar-refractivity contribution is 14.1. The number of rotatable bonds is 6. The van der Waals surface area contributed by atoms with E-state index in [9.17, 15) is 18.0 Å². The van der Waals surface area contributed by atoms with Gasteiger partial charge in [-0.1, -0.05) is 12.1 Å². The molecule has 1 aromatic heterocycles. The Hall–Kier alpha value is -1.71. The van der Waals surface area contributed by atoms with Gasteiger partial charge in [-0.15, -0.1) is 0 Å². The van der Waals surface area contributed by atoms with Crippen LogP contribution in [0.2, 0.25) is 0 Å². The van der Waals surface area contributed by atoms with E-state index in [0.717, 1.165) is 3.57 Å². The van der Waals surface area contributed by atoms with Gasteiger partial charge in [0, 0.05) is 0 Å². The molecule has 0 N–H and O–H groups in total. The lowest BCUT2D eigenvalue weighted by molar-refractivity contribution is -0.164. The summed E-state index contributed by atoms with van der Waals surface area (Å²) >= 11 is 2.02. The minimum absolute atomic E-state index is 0.263. The van der Waals surface area contributed by atoms with Crippen LogP contribution in [0.3, 0.4) is 0 Å². The number of benzene rings is 1. The number of hydrogen-bond acceptors (Lipinski definition) is 3. The van der Waals surface area contributed by atoms with Gasteiger partial charge in [0.1, 0.15) is 18.1 Å². The SMILES string of the molecule is O=C(COc1ccccc1I)N(Cc1ccco1)CC(F)(F)F. The van der Waals surface area contributed by atoms with Crippen molar-refractivity contribution in [3.63, 3.8) is 0 Å². The first-order valence-electron chi connectivity index (χ1n) is 6.59. The zero-order valence-electron chi connectivity index (χ0n) is 11.8. The molecule has 0 bridgehead atoms. The Bertz CT molecular complexity index is 644. The molecule has 8 heteroatoms. The van der Waals surface area contributed by atoms with Crippen molar-refractivity contribution in [3.05, 3.63) is 52.0 Å². The van der Waals surface area contributed by atoms with E-state index in [1.165, 1.54) is 12.3 Å². The lowest BCUT2D eigenvalue weighted by atomic mass is 10.3. The predicted octanol–water partition coefficient (Wildman–Crippen LogP) is 3.85. The number of alkyl halides is 3. The molecule has 0 atom stereocenters. The van der Waals surface area contributed by atoms with Gasteiger partial charge in [0.05, 0.1) is 16.4 Å². The van der Waals surface area contributed by atoms with Crippen molar-refractivity contribution in [1.29, 1.82) is 0 Å². The van der Waals surface area contributed by atoms with Gasteiger partial charge in [-0.3, -0.25) is 4.79 Å². The summed E-state index contributed by atoms with van der Waals surface area (Å²) in [5, 5.41) is 0. The van der Waals surface area contributed by atoms with Crippen molar-refractivity contribution in [2.75, 3.05) is 13.2 Å². The summed E-state index contributed by atoms with van der Waals surface area (Å²) in [4.78, 5) is 12.7. The summed E-state index contributed by atoms with van der Waals surface area (Å²) in [7, 11) is 0. The summed E-state index contributed by atoms with van der Waals surface area (Å²) in [5.74, 6) is -0.0401. The number of para-hydroxylation sites is 1. The van der Waals surface area contributed by atoms with Crippen LogP contribution in [0, 0.1) is 3.57 Å². The molecule has 2 rings (SSSR count). The second-order valence-corrected chi connectivity index (χ2v) is 5.83. The fourth-order valence-electron chi connectivity index (χ4n) is 1.83. The van der Waals surface area contributed by atoms with E-state index >= 15 is 0 Å². The van der Waals surface area contributed by atoms with Crippen LogP contribution in [0.5, 0.6) is 5.75 Å². The molecule has 0 radical (unpaired) electrons. The van der Waals surface area contributed by atoms with Crippen LogP contribution in [0.1, 0.15) is 5.76 Å². The molecule has 1 heterocycles. The normalized spacial score (nSPS) is 11.3. The third kappa shape index (κ3) is 5.77. The molecule has 0 fully saturated rings. The summed E-state index contributed by atoms with van der Waals surface area (Å²) < 4.78 is 49.1. The number of hydrogen-bond donors (Lipinski definition) is 0. The Morgan fingerprint density at radius 1 is 1.22 bits per heavy atom. The first kappa shape index (κ1) is 17.6. The smallest absolute Gasteiger partial charge is 0.406 e. The Labute approximate surface area is 144 Å². The fraction of sp³-hybridized carbons (Fsp3) is 0.267. The van der Waals surface area contributed by atoms with E-state index in [-0.39, 0.29) is 12.3 Å². The Balaban J connectivity index is 2.02. The van der Waals surface area contributed by atoms with Crippen molar-refractivity contribution in [2.24, 2.45) is 0 Å². The maximum absolute atomic E-state index is 12.7. The van der Waals surface area contributed by atoms with Crippen LogP contribution in [-0.4, -0.2) is 30.1 Å². The Morgan fingerprint density at radius 2 is 1.96 bits per heavy atom. The molecule has 23 heavy (non-hydrogen) atoms. The highest BCUT2D eigenvalue weighted by Crippen LogP contribution is 2.21. The largest absolute Gasteiger partial charge is 0.483 e. The molecule has 1 aromatic carbocycles. The van der Waals surface area contributed by atoms with Crippen LogP contribution in [-0.2, 0) is 11.3 Å². The molecule has 1 amide bonds. The molecule has 0 aliphatic carbocycles. The van der Waals surface area contributed by atoms with Crippen molar-refractivity contribution in [3.8, 4) is 5.75 Å². The van der Waals surface area contributed by atoms with Crippen LogP contribution >= 0.6 is 22.6 Å². The average Bonchev–Trinajstić information content (AvgIpc) is 2.97. The molecule has 124 valence electrons. The first-order chi connectivity index (χ1) is 10.8. The Morgan fingerprint density at radius 3 is 2.57 bits per heavy atom. The van der Waals surface area contributed by atoms with Gasteiger partial charge in [0.25, 0.3) is 5.91 Å². The average molecular weight is 439 g/mol. The van der Waals surface area contributed by atoms with Crippen LogP contribution in [0.4, 0.5) is 13.2 Å². The number of carbonyl (C=O) groups excluding carboxylic acids is 1. The number of furan rings is 1. The predicted molar refractivity (Wildman–Crippen MR) is 84.8 cm³/mol. The third-order valence-corrected chi connectivity index (χ3v) is 3.73. The van der Waals surface area contributed by atoms with Gasteiger partial charge in [-0.2, -0.15) is 13.2 Å². The van der Waals surface area contributed by atoms with Crippen LogP contribution < -0.4 is 4.74 Å². The van der Waals surface area contributed by atoms with Gasteiger partial charge < -0.3 is 14.1 Å². The maximum Gasteiger partial charge on any atom is 0.406 e. The number of ether oxygens (including phenoxy) is 1. The molecule has 0 spiro atoms. The minimum Gasteiger partial charge on any atom is -0.483 e. The molecule has 0 unspecified atom stereocenters. The van der Waals surface area contributed by atoms with E-state index in [2.05, 4.69) is 0 Å². The standard InChI is InChI=1S/C15H13F3INO3/c16-15(17,18)10-20(8-11-4-3-7-22-11)14(21)9-23-13-6-2-1-5-12(13)19/h1-7H,8-10H2. The first-order valence-corrected chi connectivity index (χ1v) is 7.67. The number of carbonyl (C=O) groups is 1. The van der Waals surface area contributed by atoms with Gasteiger partial charge in [0.15, 0.2) is 6.61 Å². The fourth-order valence-corrected chi connectivity index (χ4v) is 2.37. The van der Waals surface area contributed by atoms with E-state index in [4.69, 9.17) is 9.15 Å². The summed E-state index contributed by atoms with van der Waals surface area (Å²) in [6, 6.07) is 10.0. The molecule has 0 aliphatic rings. The quantitative estimate of drug-likeness (QED) is 0.643. The molecule has 2 aromatic rings. The van der Waals surface area contributed by atoms with E-state index < -0.39 is 25.2 Å². The number of halogens is 4.